The molecule has 0 N–H and O–H groups in total. The number of benzene rings is 1. The Balaban J connectivity index is 2.05. The number of esters is 2. The van der Waals surface area contributed by atoms with Crippen LogP contribution in [0.1, 0.15) is 30.3 Å². The first-order chi connectivity index (χ1) is 11.1. The highest BCUT2D eigenvalue weighted by molar-refractivity contribution is 6.02. The number of ether oxygens (including phenoxy) is 2. The van der Waals surface area contributed by atoms with Gasteiger partial charge in [-0.2, -0.15) is 5.10 Å². The number of cyclic esters (lactones) is 1. The zero-order valence-corrected chi connectivity index (χ0v) is 12.7. The first-order valence-corrected chi connectivity index (χ1v) is 7.49. The maximum atomic E-state index is 12.4. The minimum atomic E-state index is -0.908. The van der Waals surface area contributed by atoms with E-state index >= 15 is 0 Å². The topological polar surface area (TPSA) is 87.5 Å². The third kappa shape index (κ3) is 2.81. The molecule has 0 spiro atoms. The second kappa shape index (κ2) is 6.20. The van der Waals surface area contributed by atoms with Gasteiger partial charge in [-0.05, 0) is 12.5 Å². The van der Waals surface area contributed by atoms with Crippen LogP contribution in [0.3, 0.4) is 0 Å². The number of aromatic nitrogens is 2. The lowest BCUT2D eigenvalue weighted by atomic mass is 10.1. The average molecular weight is 316 g/mol. The van der Waals surface area contributed by atoms with Crippen molar-refractivity contribution in [1.82, 2.24) is 9.78 Å². The minimum absolute atomic E-state index is 0.0355. The van der Waals surface area contributed by atoms with E-state index in [0.717, 1.165) is 0 Å². The summed E-state index contributed by atoms with van der Waals surface area (Å²) in [6, 6.07) is 6.73. The summed E-state index contributed by atoms with van der Waals surface area (Å²) in [6.45, 7) is 2.55. The normalized spacial score (nSPS) is 17.3. The number of aryl methyl sites for hydroxylation is 1. The molecule has 1 aromatic carbocycles. The molecule has 1 aliphatic heterocycles. The highest BCUT2D eigenvalue weighted by Crippen LogP contribution is 2.17. The van der Waals surface area contributed by atoms with Crippen LogP contribution in [0, 0.1) is 0 Å². The molecule has 0 radical (unpaired) electrons. The molecule has 2 aromatic rings. The number of hydrogen-bond acceptors (Lipinski definition) is 6. The fourth-order valence-corrected chi connectivity index (χ4v) is 2.52. The fraction of sp³-hybridized carbons (Fsp3) is 0.375. The predicted molar refractivity (Wildman–Crippen MR) is 81.1 cm³/mol. The van der Waals surface area contributed by atoms with Crippen LogP contribution in [0.25, 0.3) is 10.8 Å². The molecule has 7 nitrogen and oxygen atoms in total. The van der Waals surface area contributed by atoms with E-state index < -0.39 is 18.0 Å². The molecule has 1 aromatic heterocycles. The van der Waals surface area contributed by atoms with Crippen molar-refractivity contribution in [2.75, 3.05) is 6.61 Å². The van der Waals surface area contributed by atoms with Gasteiger partial charge in [-0.25, -0.2) is 14.3 Å². The van der Waals surface area contributed by atoms with Crippen LogP contribution in [0.15, 0.2) is 29.1 Å². The molecule has 3 rings (SSSR count). The lowest BCUT2D eigenvalue weighted by molar-refractivity contribution is -0.145. The Hall–Kier alpha value is -2.70. The molecule has 7 heteroatoms. The van der Waals surface area contributed by atoms with Gasteiger partial charge in [0.1, 0.15) is 0 Å². The second-order valence-electron chi connectivity index (χ2n) is 5.27. The zero-order valence-electron chi connectivity index (χ0n) is 12.7. The van der Waals surface area contributed by atoms with Gasteiger partial charge < -0.3 is 9.47 Å². The molecule has 0 bridgehead atoms. The van der Waals surface area contributed by atoms with Crippen molar-refractivity contribution >= 4 is 22.7 Å². The summed E-state index contributed by atoms with van der Waals surface area (Å²) >= 11 is 0. The molecule has 0 unspecified atom stereocenters. The number of nitrogens with zero attached hydrogens (tertiary/aromatic N) is 2. The lowest BCUT2D eigenvalue weighted by Crippen LogP contribution is -2.28. The fourth-order valence-electron chi connectivity index (χ4n) is 2.52. The quantitative estimate of drug-likeness (QED) is 0.790. The van der Waals surface area contributed by atoms with Crippen molar-refractivity contribution < 1.29 is 19.1 Å². The van der Waals surface area contributed by atoms with Crippen LogP contribution in [0.5, 0.6) is 0 Å². The van der Waals surface area contributed by atoms with Crippen LogP contribution < -0.4 is 5.56 Å². The van der Waals surface area contributed by atoms with E-state index in [-0.39, 0.29) is 17.9 Å². The molecule has 23 heavy (non-hydrogen) atoms. The summed E-state index contributed by atoms with van der Waals surface area (Å²) in [5.74, 6) is -1.28. The summed E-state index contributed by atoms with van der Waals surface area (Å²) in [4.78, 5) is 36.2. The molecule has 0 saturated carbocycles. The van der Waals surface area contributed by atoms with Gasteiger partial charge in [-0.15, -0.1) is 0 Å². The third-order valence-electron chi connectivity index (χ3n) is 3.63. The number of fused-ring (bicyclic) bond motifs is 1. The van der Waals surface area contributed by atoms with Crippen LogP contribution in [0.2, 0.25) is 0 Å². The van der Waals surface area contributed by atoms with E-state index in [1.807, 2.05) is 6.92 Å². The van der Waals surface area contributed by atoms with Crippen molar-refractivity contribution in [3.63, 3.8) is 0 Å². The van der Waals surface area contributed by atoms with Gasteiger partial charge in [0.05, 0.1) is 12.0 Å². The molecule has 1 fully saturated rings. The average Bonchev–Trinajstić information content (AvgIpc) is 2.95. The zero-order chi connectivity index (χ0) is 16.4. The van der Waals surface area contributed by atoms with E-state index in [9.17, 15) is 14.4 Å². The van der Waals surface area contributed by atoms with Gasteiger partial charge in [0.2, 0.25) is 6.10 Å². The summed E-state index contributed by atoms with van der Waals surface area (Å²) in [7, 11) is 0. The van der Waals surface area contributed by atoms with Gasteiger partial charge >= 0.3 is 11.9 Å². The number of rotatable bonds is 4. The first kappa shape index (κ1) is 15.2. The second-order valence-corrected chi connectivity index (χ2v) is 5.27. The molecule has 120 valence electrons. The van der Waals surface area contributed by atoms with Gasteiger partial charge in [0, 0.05) is 18.4 Å². The highest BCUT2D eigenvalue weighted by Gasteiger charge is 2.31. The maximum absolute atomic E-state index is 12.4. The van der Waals surface area contributed by atoms with Crippen molar-refractivity contribution in [3.05, 3.63) is 40.3 Å². The number of carbonyl (C=O) groups excluding carboxylic acids is 2. The Morgan fingerprint density at radius 1 is 1.35 bits per heavy atom. The van der Waals surface area contributed by atoms with Gasteiger partial charge in [-0.1, -0.05) is 25.1 Å². The minimum Gasteiger partial charge on any atom is -0.463 e. The monoisotopic (exact) mass is 316 g/mol. The Morgan fingerprint density at radius 2 is 2.09 bits per heavy atom. The van der Waals surface area contributed by atoms with Crippen molar-refractivity contribution in [2.24, 2.45) is 0 Å². The molecular weight excluding hydrogens is 300 g/mol. The highest BCUT2D eigenvalue weighted by atomic mass is 16.6. The third-order valence-corrected chi connectivity index (χ3v) is 3.63. The summed E-state index contributed by atoms with van der Waals surface area (Å²) in [6.07, 6.45) is 0.126. The van der Waals surface area contributed by atoms with E-state index in [0.29, 0.717) is 30.2 Å². The van der Waals surface area contributed by atoms with Crippen LogP contribution in [-0.4, -0.2) is 34.4 Å². The lowest BCUT2D eigenvalue weighted by Gasteiger charge is -2.11. The molecular formula is C16H16N2O5. The summed E-state index contributed by atoms with van der Waals surface area (Å²) < 4.78 is 11.2. The molecule has 1 aliphatic rings. The smallest absolute Gasteiger partial charge is 0.360 e. The Bertz CT molecular complexity index is 827. The van der Waals surface area contributed by atoms with E-state index in [1.165, 1.54) is 4.68 Å². The summed E-state index contributed by atoms with van der Waals surface area (Å²) in [5, 5.41) is 4.95. The Labute approximate surface area is 131 Å². The molecule has 1 atom stereocenters. The number of hydrogen-bond donors (Lipinski definition) is 0. The molecule has 2 heterocycles. The molecule has 0 amide bonds. The van der Waals surface area contributed by atoms with Crippen LogP contribution in [-0.2, 0) is 20.8 Å². The predicted octanol–water partition coefficient (Wildman–Crippen LogP) is 1.28. The van der Waals surface area contributed by atoms with E-state index in [1.54, 1.807) is 24.3 Å². The number of carbonyl (C=O) groups is 2. The largest absolute Gasteiger partial charge is 0.463 e. The van der Waals surface area contributed by atoms with E-state index in [4.69, 9.17) is 9.47 Å². The van der Waals surface area contributed by atoms with E-state index in [2.05, 4.69) is 5.10 Å². The van der Waals surface area contributed by atoms with Crippen molar-refractivity contribution in [3.8, 4) is 0 Å². The van der Waals surface area contributed by atoms with Crippen molar-refractivity contribution in [2.45, 2.75) is 32.4 Å². The molecule has 0 aliphatic carbocycles. The van der Waals surface area contributed by atoms with Gasteiger partial charge in [0.15, 0.2) is 5.69 Å². The van der Waals surface area contributed by atoms with Gasteiger partial charge in [0.25, 0.3) is 5.56 Å². The Kier molecular flexibility index (Phi) is 4.10. The van der Waals surface area contributed by atoms with Crippen molar-refractivity contribution in [1.29, 1.82) is 0 Å². The van der Waals surface area contributed by atoms with Crippen LogP contribution >= 0.6 is 0 Å². The first-order valence-electron chi connectivity index (χ1n) is 7.49. The molecule has 1 saturated heterocycles. The van der Waals surface area contributed by atoms with Gasteiger partial charge in [-0.3, -0.25) is 4.79 Å². The Morgan fingerprint density at radius 3 is 2.74 bits per heavy atom. The SMILES string of the molecule is CCCn1nc(C(=O)O[C@@H]2CCOC2=O)c2ccccc2c1=O. The standard InChI is InChI=1S/C16H16N2O5/c1-2-8-18-14(19)11-6-4-3-5-10(11)13(17-18)16(21)23-12-7-9-22-15(12)20/h3-6,12H,2,7-9H2,1H3/t12-/m1/s1. The van der Waals surface area contributed by atoms with Crippen LogP contribution in [0.4, 0.5) is 0 Å². The summed E-state index contributed by atoms with van der Waals surface area (Å²) in [5.41, 5.74) is -0.215. The maximum Gasteiger partial charge on any atom is 0.360 e.